The minimum atomic E-state index is 0. The van der Waals surface area contributed by atoms with Gasteiger partial charge >= 0.3 is 228 Å². The van der Waals surface area contributed by atoms with Crippen LogP contribution in [0.4, 0.5) is 0 Å². The van der Waals surface area contributed by atoms with Crippen LogP contribution in [0.25, 0.3) is 0 Å². The average Bonchev–Trinajstić information content (AvgIpc) is 2.20. The van der Waals surface area contributed by atoms with Crippen molar-refractivity contribution in [2.24, 2.45) is 0 Å². The van der Waals surface area contributed by atoms with Crippen LogP contribution in [0.5, 0.6) is 0 Å². The molecule has 0 N–H and O–H groups in total. The van der Waals surface area contributed by atoms with E-state index in [1.54, 1.807) is 0 Å². The van der Waals surface area contributed by atoms with E-state index in [0.717, 1.165) is 0 Å². The van der Waals surface area contributed by atoms with Gasteiger partial charge in [0.1, 0.15) is 0 Å². The maximum Gasteiger partial charge on any atom is 1.00 e. The molecule has 0 aromatic carbocycles. The second-order valence-corrected chi connectivity index (χ2v) is 0. The molecule has 0 saturated heterocycles. The largest absolute Gasteiger partial charge is 1.00 e. The maximum atomic E-state index is 6.25. The third-order valence-electron chi connectivity index (χ3n) is 0. The Labute approximate surface area is 278 Å². The third kappa shape index (κ3) is 234. The summed E-state index contributed by atoms with van der Waals surface area (Å²) in [6.45, 7) is 23.8. The first kappa shape index (κ1) is 73.1. The molecule has 5 nitrogen and oxygen atoms in total. The van der Waals surface area contributed by atoms with Crippen molar-refractivity contribution in [3.05, 3.63) is 32.9 Å². The van der Waals surface area contributed by atoms with Crippen molar-refractivity contribution in [1.29, 1.82) is 26.3 Å². The van der Waals surface area contributed by atoms with Gasteiger partial charge in [0.25, 0.3) is 0 Å². The first-order chi connectivity index (χ1) is 5.00. The quantitative estimate of drug-likeness (QED) is 0.251. The Bertz CT molecular complexity index is 86.0. The van der Waals surface area contributed by atoms with E-state index in [1.807, 2.05) is 0 Å². The van der Waals surface area contributed by atoms with Crippen molar-refractivity contribution >= 4 is 0 Å². The third-order valence-corrected chi connectivity index (χ3v) is 0. The van der Waals surface area contributed by atoms with Crippen LogP contribution in [0.2, 0.25) is 0 Å². The Morgan fingerprint density at radius 2 is 0.333 bits per heavy atom. The Balaban J connectivity index is -0.00000000240. The van der Waals surface area contributed by atoms with Crippen molar-refractivity contribution in [2.75, 3.05) is 0 Å². The second-order valence-electron chi connectivity index (χ2n) is 0. The zero-order valence-corrected chi connectivity index (χ0v) is 23.7. The molecule has 15 heavy (non-hydrogen) atoms. The molecule has 0 heterocycles. The molecule has 0 aromatic rings. The van der Waals surface area contributed by atoms with Gasteiger partial charge in [-0.3, -0.25) is 0 Å². The van der Waals surface area contributed by atoms with E-state index in [4.69, 9.17) is 59.2 Å². The van der Waals surface area contributed by atoms with Crippen LogP contribution in [-0.4, -0.2) is 0 Å². The monoisotopic (exact) mass is 483 g/mol. The zero-order chi connectivity index (χ0) is 10.0. The predicted octanol–water partition coefficient (Wildman–Crippen LogP) is -11.5. The minimum Gasteiger partial charge on any atom is -0.512 e. The molecule has 0 bridgehead atoms. The molecular formula is C5AuK4N5. The Hall–Kier alpha value is 4.74. The van der Waals surface area contributed by atoms with E-state index in [-0.39, 0.29) is 228 Å². The van der Waals surface area contributed by atoms with Crippen LogP contribution in [-0.2, 0) is 22.4 Å². The molecule has 0 spiro atoms. The molecule has 0 aliphatic carbocycles. The molecule has 0 saturated carbocycles. The molecule has 0 rings (SSSR count). The van der Waals surface area contributed by atoms with Gasteiger partial charge in [-0.05, 0) is 0 Å². The van der Waals surface area contributed by atoms with E-state index >= 15 is 0 Å². The average molecular weight is 483 g/mol. The van der Waals surface area contributed by atoms with Gasteiger partial charge in [0.05, 0.1) is 0 Å². The van der Waals surface area contributed by atoms with Crippen molar-refractivity contribution in [1.82, 2.24) is 0 Å². The number of hydrogen-bond acceptors (Lipinski definition) is 5. The molecule has 0 amide bonds. The summed E-state index contributed by atoms with van der Waals surface area (Å²) in [4.78, 5) is 0. The van der Waals surface area contributed by atoms with Crippen molar-refractivity contribution in [3.63, 3.8) is 0 Å². The molecule has 0 radical (unpaired) electrons. The fourth-order valence-electron chi connectivity index (χ4n) is 0. The maximum absolute atomic E-state index is 6.25. The van der Waals surface area contributed by atoms with Gasteiger partial charge in [-0.25, -0.2) is 0 Å². The molecular weight excluding hydrogens is 483 g/mol. The van der Waals surface area contributed by atoms with Crippen LogP contribution in [0.1, 0.15) is 0 Å². The van der Waals surface area contributed by atoms with Crippen LogP contribution in [0, 0.1) is 59.2 Å². The molecule has 0 atom stereocenters. The molecule has 10 heteroatoms. The second kappa shape index (κ2) is 263. The Morgan fingerprint density at radius 1 is 0.333 bits per heavy atom. The summed E-state index contributed by atoms with van der Waals surface area (Å²) < 4.78 is 0. The van der Waals surface area contributed by atoms with E-state index in [9.17, 15) is 0 Å². The van der Waals surface area contributed by atoms with Crippen LogP contribution < -0.4 is 206 Å². The van der Waals surface area contributed by atoms with Gasteiger partial charge < -0.3 is 59.2 Å². The van der Waals surface area contributed by atoms with E-state index in [1.165, 1.54) is 0 Å². The van der Waals surface area contributed by atoms with Gasteiger partial charge in [-0.15, -0.1) is 0 Å². The standard InChI is InChI=1S/5CN.Au.4K/c5*1-2;;;;;/q5*-1;5*+1. The Kier molecular flexibility index (Phi) is 1280. The SMILES string of the molecule is [Au+].[C-]#N.[C-]#N.[C-]#N.[C-]#N.[C-]#N.[K+].[K+].[K+].[K+]. The summed E-state index contributed by atoms with van der Waals surface area (Å²) in [6.07, 6.45) is 0. The van der Waals surface area contributed by atoms with Crippen molar-refractivity contribution in [2.45, 2.75) is 0 Å². The first-order valence-electron chi connectivity index (χ1n) is 1.12. The smallest absolute Gasteiger partial charge is 0.512 e. The van der Waals surface area contributed by atoms with Crippen LogP contribution >= 0.6 is 0 Å². The molecule has 60 valence electrons. The number of rotatable bonds is 0. The molecule has 0 unspecified atom stereocenters. The predicted molar refractivity (Wildman–Crippen MR) is 24.8 cm³/mol. The van der Waals surface area contributed by atoms with E-state index in [0.29, 0.717) is 0 Å². The molecule has 0 aromatic heterocycles. The molecule has 0 fully saturated rings. The molecule has 0 aliphatic heterocycles. The topological polar surface area (TPSA) is 119 Å². The molecule has 0 aliphatic rings. The van der Waals surface area contributed by atoms with Gasteiger partial charge in [-0.1, -0.05) is 0 Å². The van der Waals surface area contributed by atoms with Crippen LogP contribution in [0.15, 0.2) is 0 Å². The minimum absolute atomic E-state index is 0. The van der Waals surface area contributed by atoms with Crippen molar-refractivity contribution < 1.29 is 228 Å². The zero-order valence-electron chi connectivity index (χ0n) is 9.04. The van der Waals surface area contributed by atoms with Gasteiger partial charge in [0.15, 0.2) is 0 Å². The van der Waals surface area contributed by atoms with Crippen LogP contribution in [0.3, 0.4) is 0 Å². The van der Waals surface area contributed by atoms with E-state index in [2.05, 4.69) is 0 Å². The summed E-state index contributed by atoms with van der Waals surface area (Å²) in [6, 6.07) is 0. The van der Waals surface area contributed by atoms with E-state index < -0.39 is 0 Å². The number of hydrogen-bond donors (Lipinski definition) is 0. The van der Waals surface area contributed by atoms with Gasteiger partial charge in [0.2, 0.25) is 0 Å². The fraction of sp³-hybridized carbons (Fsp3) is 0. The normalized spacial score (nSPS) is 0.667. The summed E-state index contributed by atoms with van der Waals surface area (Å²) in [5.41, 5.74) is 0. The summed E-state index contributed by atoms with van der Waals surface area (Å²) >= 11 is 0. The number of nitrogens with zero attached hydrogens (tertiary/aromatic N) is 5. The fourth-order valence-corrected chi connectivity index (χ4v) is 0. The summed E-state index contributed by atoms with van der Waals surface area (Å²) in [7, 11) is 0. The summed E-state index contributed by atoms with van der Waals surface area (Å²) in [5, 5.41) is 31.2. The van der Waals surface area contributed by atoms with Crippen molar-refractivity contribution in [3.8, 4) is 0 Å². The van der Waals surface area contributed by atoms with Gasteiger partial charge in [-0.2, -0.15) is 0 Å². The first-order valence-corrected chi connectivity index (χ1v) is 1.12. The Morgan fingerprint density at radius 3 is 0.333 bits per heavy atom. The van der Waals surface area contributed by atoms with Gasteiger partial charge in [0, 0.05) is 0 Å². The summed E-state index contributed by atoms with van der Waals surface area (Å²) in [5.74, 6) is 0.